The minimum atomic E-state index is -0.924. The molecule has 1 N–H and O–H groups in total. The molecule has 1 unspecified atom stereocenters. The van der Waals surface area contributed by atoms with Crippen LogP contribution in [-0.4, -0.2) is 30.8 Å². The molecule has 1 aromatic heterocycles. The zero-order valence-electron chi connectivity index (χ0n) is 9.71. The van der Waals surface area contributed by atoms with E-state index in [0.717, 1.165) is 11.8 Å². The van der Waals surface area contributed by atoms with Crippen molar-refractivity contribution in [3.8, 4) is 0 Å². The lowest BCUT2D eigenvalue weighted by atomic mass is 10.3. The smallest absolute Gasteiger partial charge is 0.396 e. The third-order valence-corrected chi connectivity index (χ3v) is 3.45. The molecule has 0 aliphatic rings. The number of aromatic nitrogens is 2. The highest BCUT2D eigenvalue weighted by Gasteiger charge is 2.26. The summed E-state index contributed by atoms with van der Waals surface area (Å²) in [6.07, 6.45) is -0.0496. The van der Waals surface area contributed by atoms with Gasteiger partial charge in [0.15, 0.2) is 5.03 Å². The van der Waals surface area contributed by atoms with Crippen molar-refractivity contribution in [1.82, 2.24) is 9.55 Å². The molecule has 7 nitrogen and oxygen atoms in total. The number of aliphatic carboxylic acids is 1. The molecule has 0 spiro atoms. The average molecular weight is 259 g/mol. The van der Waals surface area contributed by atoms with Crippen LogP contribution in [0, 0.1) is 17.0 Å². The largest absolute Gasteiger partial charge is 0.481 e. The maximum Gasteiger partial charge on any atom is 0.396 e. The van der Waals surface area contributed by atoms with Gasteiger partial charge in [-0.1, -0.05) is 18.7 Å². The second kappa shape index (κ2) is 5.17. The summed E-state index contributed by atoms with van der Waals surface area (Å²) in [5.41, 5.74) is 0. The van der Waals surface area contributed by atoms with E-state index in [0.29, 0.717) is 10.9 Å². The monoisotopic (exact) mass is 259 g/mol. The lowest BCUT2D eigenvalue weighted by Crippen LogP contribution is -2.07. The number of aryl methyl sites for hydroxylation is 1. The predicted octanol–water partition coefficient (Wildman–Crippen LogP) is 1.59. The molecule has 8 heteroatoms. The molecule has 0 aliphatic carbocycles. The van der Waals surface area contributed by atoms with E-state index in [1.165, 1.54) is 0 Å². The van der Waals surface area contributed by atoms with Crippen LogP contribution in [0.3, 0.4) is 0 Å². The van der Waals surface area contributed by atoms with Crippen LogP contribution in [0.4, 0.5) is 5.82 Å². The van der Waals surface area contributed by atoms with Crippen LogP contribution < -0.4 is 0 Å². The minimum Gasteiger partial charge on any atom is -0.481 e. The van der Waals surface area contributed by atoms with E-state index in [4.69, 9.17) is 5.11 Å². The molecule has 17 heavy (non-hydrogen) atoms. The van der Waals surface area contributed by atoms with Crippen molar-refractivity contribution in [2.45, 2.75) is 30.5 Å². The Kier molecular flexibility index (Phi) is 4.11. The molecule has 0 radical (unpaired) electrons. The summed E-state index contributed by atoms with van der Waals surface area (Å²) in [4.78, 5) is 24.6. The van der Waals surface area contributed by atoms with Gasteiger partial charge in [-0.15, -0.1) is 0 Å². The van der Waals surface area contributed by atoms with Crippen molar-refractivity contribution >= 4 is 23.5 Å². The van der Waals surface area contributed by atoms with Crippen molar-refractivity contribution in [1.29, 1.82) is 0 Å². The Morgan fingerprint density at radius 2 is 2.29 bits per heavy atom. The second-order valence-electron chi connectivity index (χ2n) is 3.63. The zero-order chi connectivity index (χ0) is 13.2. The first-order valence-corrected chi connectivity index (χ1v) is 5.77. The first kappa shape index (κ1) is 13.5. The minimum absolute atomic E-state index is 0.0496. The summed E-state index contributed by atoms with van der Waals surface area (Å²) in [5.74, 6) is -0.611. The predicted molar refractivity (Wildman–Crippen MR) is 62.2 cm³/mol. The summed E-state index contributed by atoms with van der Waals surface area (Å²) in [6, 6.07) is 0. The van der Waals surface area contributed by atoms with E-state index in [9.17, 15) is 14.9 Å². The summed E-state index contributed by atoms with van der Waals surface area (Å²) in [7, 11) is 1.67. The first-order valence-electron chi connectivity index (χ1n) is 4.89. The van der Waals surface area contributed by atoms with Crippen LogP contribution in [0.5, 0.6) is 0 Å². The van der Waals surface area contributed by atoms with E-state index < -0.39 is 10.9 Å². The average Bonchev–Trinajstić information content (AvgIpc) is 2.44. The molecule has 0 bridgehead atoms. The highest BCUT2D eigenvalue weighted by Crippen LogP contribution is 2.32. The fourth-order valence-corrected chi connectivity index (χ4v) is 2.42. The van der Waals surface area contributed by atoms with Crippen molar-refractivity contribution < 1.29 is 14.8 Å². The number of hydrogen-bond acceptors (Lipinski definition) is 5. The maximum atomic E-state index is 10.8. The highest BCUT2D eigenvalue weighted by atomic mass is 32.2. The molecular weight excluding hydrogens is 246 g/mol. The molecule has 0 saturated heterocycles. The van der Waals surface area contributed by atoms with Gasteiger partial charge in [0.1, 0.15) is 0 Å². The number of carboxylic acid groups (broad SMARTS) is 1. The molecule has 94 valence electrons. The number of hydrogen-bond donors (Lipinski definition) is 1. The van der Waals surface area contributed by atoms with Crippen LogP contribution in [0.25, 0.3) is 0 Å². The molecule has 0 aromatic carbocycles. The molecule has 0 fully saturated rings. The Bertz CT molecular complexity index is 457. The number of thioether (sulfide) groups is 1. The Labute approximate surface area is 102 Å². The van der Waals surface area contributed by atoms with E-state index >= 15 is 0 Å². The topological polar surface area (TPSA) is 98.3 Å². The van der Waals surface area contributed by atoms with Crippen LogP contribution >= 0.6 is 11.8 Å². The van der Waals surface area contributed by atoms with Gasteiger partial charge in [-0.25, -0.2) is 0 Å². The van der Waals surface area contributed by atoms with Gasteiger partial charge in [-0.05, 0) is 9.91 Å². The SMILES string of the molecule is Cc1nc([N+](=O)[O-])c(SC(C)CC(=O)O)n1C. The van der Waals surface area contributed by atoms with Crippen LogP contribution in [0.2, 0.25) is 0 Å². The van der Waals surface area contributed by atoms with E-state index in [-0.39, 0.29) is 17.5 Å². The normalized spacial score (nSPS) is 12.4. The molecule has 0 aliphatic heterocycles. The molecule has 1 rings (SSSR count). The van der Waals surface area contributed by atoms with E-state index in [1.807, 2.05) is 0 Å². The van der Waals surface area contributed by atoms with Crippen LogP contribution in [-0.2, 0) is 11.8 Å². The van der Waals surface area contributed by atoms with Crippen molar-refractivity contribution in [2.24, 2.45) is 7.05 Å². The van der Waals surface area contributed by atoms with E-state index in [1.54, 1.807) is 25.5 Å². The van der Waals surface area contributed by atoms with Crippen molar-refractivity contribution in [3.05, 3.63) is 15.9 Å². The fraction of sp³-hybridized carbons (Fsp3) is 0.556. The molecule has 1 atom stereocenters. The van der Waals surface area contributed by atoms with Crippen molar-refractivity contribution in [2.75, 3.05) is 0 Å². The van der Waals surface area contributed by atoms with Gasteiger partial charge in [0, 0.05) is 19.2 Å². The standard InChI is InChI=1S/C9H13N3O4S/c1-5(4-7(13)14)17-9-8(12(15)16)10-6(2)11(9)3/h5H,4H2,1-3H3,(H,13,14). The molecular formula is C9H13N3O4S. The number of carbonyl (C=O) groups is 1. The number of imidazole rings is 1. The van der Waals surface area contributed by atoms with Gasteiger partial charge in [0.05, 0.1) is 6.42 Å². The van der Waals surface area contributed by atoms with Gasteiger partial charge in [-0.2, -0.15) is 0 Å². The van der Waals surface area contributed by atoms with Gasteiger partial charge in [0.25, 0.3) is 0 Å². The maximum absolute atomic E-state index is 10.8. The van der Waals surface area contributed by atoms with Crippen LogP contribution in [0.15, 0.2) is 5.03 Å². The summed E-state index contributed by atoms with van der Waals surface area (Å²) in [5, 5.41) is 19.6. The lowest BCUT2D eigenvalue weighted by Gasteiger charge is -2.08. The molecule has 1 heterocycles. The molecule has 1 aromatic rings. The van der Waals surface area contributed by atoms with Gasteiger partial charge in [0.2, 0.25) is 5.82 Å². The zero-order valence-corrected chi connectivity index (χ0v) is 10.5. The van der Waals surface area contributed by atoms with E-state index in [2.05, 4.69) is 4.98 Å². The fourth-order valence-electron chi connectivity index (χ4n) is 1.30. The third kappa shape index (κ3) is 3.19. The molecule has 0 saturated carbocycles. The Morgan fingerprint density at radius 1 is 1.71 bits per heavy atom. The quantitative estimate of drug-likeness (QED) is 0.490. The number of nitro groups is 1. The lowest BCUT2D eigenvalue weighted by molar-refractivity contribution is -0.392. The Balaban J connectivity index is 2.96. The van der Waals surface area contributed by atoms with Crippen molar-refractivity contribution in [3.63, 3.8) is 0 Å². The Morgan fingerprint density at radius 3 is 2.76 bits per heavy atom. The Hall–Kier alpha value is -1.57. The second-order valence-corrected chi connectivity index (χ2v) is 5.06. The van der Waals surface area contributed by atoms with Gasteiger partial charge < -0.3 is 15.2 Å². The third-order valence-electron chi connectivity index (χ3n) is 2.20. The summed E-state index contributed by atoms with van der Waals surface area (Å²) >= 11 is 1.15. The highest BCUT2D eigenvalue weighted by molar-refractivity contribution is 8.00. The first-order chi connectivity index (χ1) is 7.82. The number of carboxylic acids is 1. The van der Waals surface area contributed by atoms with Crippen LogP contribution in [0.1, 0.15) is 19.2 Å². The van der Waals surface area contributed by atoms with Gasteiger partial charge in [-0.3, -0.25) is 9.36 Å². The summed E-state index contributed by atoms with van der Waals surface area (Å²) in [6.45, 7) is 3.38. The number of rotatable bonds is 5. The van der Waals surface area contributed by atoms with Gasteiger partial charge >= 0.3 is 11.8 Å². The number of nitrogens with zero attached hydrogens (tertiary/aromatic N) is 3. The molecule has 0 amide bonds. The summed E-state index contributed by atoms with van der Waals surface area (Å²) < 4.78 is 1.60.